The highest BCUT2D eigenvalue weighted by atomic mass is 19.3. The highest BCUT2D eigenvalue weighted by molar-refractivity contribution is 5.76. The summed E-state index contributed by atoms with van der Waals surface area (Å²) in [5.41, 5.74) is 0.296. The minimum absolute atomic E-state index is 0.0726. The molecule has 0 fully saturated rings. The molecule has 0 saturated heterocycles. The van der Waals surface area contributed by atoms with Crippen LogP contribution in [0.15, 0.2) is 18.2 Å². The summed E-state index contributed by atoms with van der Waals surface area (Å²) in [5.74, 6) is -0.326. The molecule has 23 heavy (non-hydrogen) atoms. The molecule has 0 amide bonds. The number of hydrogen-bond acceptors (Lipinski definition) is 5. The predicted molar refractivity (Wildman–Crippen MR) is 79.1 cm³/mol. The Labute approximate surface area is 133 Å². The molecule has 5 nitrogen and oxygen atoms in total. The average Bonchev–Trinajstić information content (AvgIpc) is 2.53. The van der Waals surface area contributed by atoms with E-state index in [0.717, 1.165) is 6.42 Å². The fourth-order valence-electron chi connectivity index (χ4n) is 1.75. The monoisotopic (exact) mass is 330 g/mol. The quantitative estimate of drug-likeness (QED) is 0.352. The van der Waals surface area contributed by atoms with Crippen molar-refractivity contribution in [3.05, 3.63) is 23.8 Å². The molecule has 0 heterocycles. The molecule has 0 aliphatic rings. The molecule has 1 rings (SSSR count). The van der Waals surface area contributed by atoms with Crippen molar-refractivity contribution in [2.24, 2.45) is 0 Å². The lowest BCUT2D eigenvalue weighted by Gasteiger charge is -2.12. The first-order valence-corrected chi connectivity index (χ1v) is 7.39. The van der Waals surface area contributed by atoms with Gasteiger partial charge in [0, 0.05) is 12.0 Å². The van der Waals surface area contributed by atoms with E-state index in [1.54, 1.807) is 0 Å². The molecule has 128 valence electrons. The molecule has 7 heteroatoms. The smallest absolute Gasteiger partial charge is 0.387 e. The van der Waals surface area contributed by atoms with Gasteiger partial charge in [-0.1, -0.05) is 6.92 Å². The number of aldehydes is 1. The standard InChI is InChI=1S/C16H20F2O5/c1-2-8-22-15(20)5-3-4-9-21-14-10-12(11-19)6-7-13(14)23-16(17)18/h6-7,10-11,16H,2-5,8-9H2,1H3. The van der Waals surface area contributed by atoms with Crippen LogP contribution in [-0.2, 0) is 9.53 Å². The number of esters is 1. The summed E-state index contributed by atoms with van der Waals surface area (Å²) in [6.45, 7) is -0.452. The van der Waals surface area contributed by atoms with E-state index in [1.165, 1.54) is 18.2 Å². The normalized spacial score (nSPS) is 10.4. The molecule has 0 spiro atoms. The zero-order valence-electron chi connectivity index (χ0n) is 12.9. The molecule has 0 saturated carbocycles. The second kappa shape index (κ2) is 10.5. The van der Waals surface area contributed by atoms with Crippen LogP contribution in [0, 0.1) is 0 Å². The van der Waals surface area contributed by atoms with Crippen molar-refractivity contribution >= 4 is 12.3 Å². The summed E-state index contributed by atoms with van der Waals surface area (Å²) >= 11 is 0. The number of halogens is 2. The van der Waals surface area contributed by atoms with Crippen molar-refractivity contribution in [3.8, 4) is 11.5 Å². The maximum Gasteiger partial charge on any atom is 0.387 e. The van der Waals surface area contributed by atoms with Crippen LogP contribution in [0.1, 0.15) is 43.0 Å². The molecule has 0 aliphatic heterocycles. The van der Waals surface area contributed by atoms with Crippen molar-refractivity contribution in [3.63, 3.8) is 0 Å². The fourth-order valence-corrected chi connectivity index (χ4v) is 1.75. The highest BCUT2D eigenvalue weighted by Crippen LogP contribution is 2.29. The van der Waals surface area contributed by atoms with Crippen molar-refractivity contribution in [2.45, 2.75) is 39.2 Å². The molecule has 0 radical (unpaired) electrons. The van der Waals surface area contributed by atoms with Crippen LogP contribution in [-0.4, -0.2) is 32.1 Å². The van der Waals surface area contributed by atoms with E-state index >= 15 is 0 Å². The topological polar surface area (TPSA) is 61.8 Å². The van der Waals surface area contributed by atoms with E-state index in [1.807, 2.05) is 6.92 Å². The van der Waals surface area contributed by atoms with Gasteiger partial charge in [0.05, 0.1) is 13.2 Å². The number of carbonyl (C=O) groups excluding carboxylic acids is 2. The molecule has 0 N–H and O–H groups in total. The van der Waals surface area contributed by atoms with Gasteiger partial charge in [-0.2, -0.15) is 8.78 Å². The fraction of sp³-hybridized carbons (Fsp3) is 0.500. The number of ether oxygens (including phenoxy) is 3. The van der Waals surface area contributed by atoms with Crippen molar-refractivity contribution in [2.75, 3.05) is 13.2 Å². The maximum absolute atomic E-state index is 12.3. The molecule has 1 aromatic rings. The van der Waals surface area contributed by atoms with E-state index in [9.17, 15) is 18.4 Å². The number of unbranched alkanes of at least 4 members (excludes halogenated alkanes) is 1. The zero-order chi connectivity index (χ0) is 17.1. The van der Waals surface area contributed by atoms with E-state index in [-0.39, 0.29) is 30.5 Å². The summed E-state index contributed by atoms with van der Waals surface area (Å²) in [4.78, 5) is 22.0. The molecule has 0 atom stereocenters. The van der Waals surface area contributed by atoms with E-state index in [4.69, 9.17) is 9.47 Å². The van der Waals surface area contributed by atoms with E-state index in [2.05, 4.69) is 4.74 Å². The molecule has 0 bridgehead atoms. The second-order valence-electron chi connectivity index (χ2n) is 4.73. The third kappa shape index (κ3) is 7.58. The molecular formula is C16H20F2O5. The first kappa shape index (κ1) is 18.9. The van der Waals surface area contributed by atoms with Crippen LogP contribution in [0.5, 0.6) is 11.5 Å². The Balaban J connectivity index is 2.43. The van der Waals surface area contributed by atoms with Crippen LogP contribution in [0.25, 0.3) is 0 Å². The summed E-state index contributed by atoms with van der Waals surface area (Å²) in [7, 11) is 0. The largest absolute Gasteiger partial charge is 0.490 e. The number of benzene rings is 1. The van der Waals surface area contributed by atoms with E-state index < -0.39 is 6.61 Å². The second-order valence-corrected chi connectivity index (χ2v) is 4.73. The van der Waals surface area contributed by atoms with Gasteiger partial charge in [-0.15, -0.1) is 0 Å². The van der Waals surface area contributed by atoms with Gasteiger partial charge in [0.1, 0.15) is 6.29 Å². The van der Waals surface area contributed by atoms with Crippen molar-refractivity contribution in [1.29, 1.82) is 0 Å². The SMILES string of the molecule is CCCOC(=O)CCCCOc1cc(C=O)ccc1OC(F)F. The summed E-state index contributed by atoms with van der Waals surface area (Å²) in [6, 6.07) is 3.95. The lowest BCUT2D eigenvalue weighted by Crippen LogP contribution is -2.07. The van der Waals surface area contributed by atoms with Gasteiger partial charge in [-0.05, 0) is 37.5 Å². The summed E-state index contributed by atoms with van der Waals surface area (Å²) in [6.07, 6.45) is 2.73. The highest BCUT2D eigenvalue weighted by Gasteiger charge is 2.12. The predicted octanol–water partition coefficient (Wildman–Crippen LogP) is 3.60. The number of carbonyl (C=O) groups is 2. The first-order chi connectivity index (χ1) is 11.1. The van der Waals surface area contributed by atoms with Crippen LogP contribution < -0.4 is 9.47 Å². The summed E-state index contributed by atoms with van der Waals surface area (Å²) in [5, 5.41) is 0. The third-order valence-corrected chi connectivity index (χ3v) is 2.82. The van der Waals surface area contributed by atoms with Gasteiger partial charge in [0.25, 0.3) is 0 Å². The lowest BCUT2D eigenvalue weighted by atomic mass is 10.2. The van der Waals surface area contributed by atoms with Crippen LogP contribution in [0.2, 0.25) is 0 Å². The zero-order valence-corrected chi connectivity index (χ0v) is 12.9. The molecule has 0 unspecified atom stereocenters. The van der Waals surface area contributed by atoms with Gasteiger partial charge < -0.3 is 14.2 Å². The van der Waals surface area contributed by atoms with Gasteiger partial charge in [-0.3, -0.25) is 9.59 Å². The average molecular weight is 330 g/mol. The minimum Gasteiger partial charge on any atom is -0.490 e. The van der Waals surface area contributed by atoms with Gasteiger partial charge >= 0.3 is 12.6 Å². The third-order valence-electron chi connectivity index (χ3n) is 2.82. The van der Waals surface area contributed by atoms with Crippen LogP contribution >= 0.6 is 0 Å². The molecule has 0 aromatic heterocycles. The Kier molecular flexibility index (Phi) is 8.64. The summed E-state index contributed by atoms with van der Waals surface area (Å²) < 4.78 is 39.3. The Morgan fingerprint density at radius 3 is 2.65 bits per heavy atom. The Hall–Kier alpha value is -2.18. The van der Waals surface area contributed by atoms with Crippen molar-refractivity contribution < 1.29 is 32.6 Å². The Bertz CT molecular complexity index is 505. The number of rotatable bonds is 11. The number of alkyl halides is 2. The first-order valence-electron chi connectivity index (χ1n) is 7.39. The Morgan fingerprint density at radius 2 is 2.00 bits per heavy atom. The van der Waals surface area contributed by atoms with Gasteiger partial charge in [0.15, 0.2) is 11.5 Å². The minimum atomic E-state index is -2.98. The van der Waals surface area contributed by atoms with Gasteiger partial charge in [-0.25, -0.2) is 0 Å². The molecular weight excluding hydrogens is 310 g/mol. The van der Waals surface area contributed by atoms with Crippen LogP contribution in [0.4, 0.5) is 8.78 Å². The van der Waals surface area contributed by atoms with Crippen molar-refractivity contribution in [1.82, 2.24) is 0 Å². The number of hydrogen-bond donors (Lipinski definition) is 0. The van der Waals surface area contributed by atoms with Crippen LogP contribution in [0.3, 0.4) is 0 Å². The Morgan fingerprint density at radius 1 is 1.22 bits per heavy atom. The lowest BCUT2D eigenvalue weighted by molar-refractivity contribution is -0.143. The van der Waals surface area contributed by atoms with Gasteiger partial charge in [0.2, 0.25) is 0 Å². The maximum atomic E-state index is 12.3. The van der Waals surface area contributed by atoms with E-state index in [0.29, 0.717) is 31.3 Å². The molecule has 0 aliphatic carbocycles. The molecule has 1 aromatic carbocycles.